The van der Waals surface area contributed by atoms with Gasteiger partial charge < -0.3 is 25.4 Å². The molecule has 0 spiro atoms. The van der Waals surface area contributed by atoms with Crippen molar-refractivity contribution < 1.29 is 24.6 Å². The molecule has 0 fully saturated rings. The third-order valence-electron chi connectivity index (χ3n) is 2.47. The van der Waals surface area contributed by atoms with Crippen LogP contribution in [0.3, 0.4) is 0 Å². The maximum absolute atomic E-state index is 11.5. The van der Waals surface area contributed by atoms with Crippen molar-refractivity contribution in [3.63, 3.8) is 0 Å². The fourth-order valence-electron chi connectivity index (χ4n) is 1.45. The summed E-state index contributed by atoms with van der Waals surface area (Å²) in [7, 11) is 0. The molecule has 0 bridgehead atoms. The van der Waals surface area contributed by atoms with Crippen LogP contribution in [0.4, 0.5) is 4.79 Å². The fourth-order valence-corrected chi connectivity index (χ4v) is 1.45. The summed E-state index contributed by atoms with van der Waals surface area (Å²) < 4.78 is 1.75. The van der Waals surface area contributed by atoms with Crippen molar-refractivity contribution in [1.82, 2.24) is 20.2 Å². The zero-order valence-corrected chi connectivity index (χ0v) is 10.7. The Bertz CT molecular complexity index is 459. The highest BCUT2D eigenvalue weighted by atomic mass is 16.4. The van der Waals surface area contributed by atoms with Crippen molar-refractivity contribution in [2.24, 2.45) is 0 Å². The zero-order chi connectivity index (χ0) is 15.0. The normalized spacial score (nSPS) is 11.6. The highest BCUT2D eigenvalue weighted by molar-refractivity contribution is 5.82. The quantitative estimate of drug-likeness (QED) is 0.508. The van der Waals surface area contributed by atoms with E-state index in [0.717, 1.165) is 0 Å². The predicted molar refractivity (Wildman–Crippen MR) is 67.1 cm³/mol. The van der Waals surface area contributed by atoms with Crippen LogP contribution in [-0.2, 0) is 16.1 Å². The first-order valence-electron chi connectivity index (χ1n) is 5.93. The van der Waals surface area contributed by atoms with E-state index in [1.165, 1.54) is 0 Å². The van der Waals surface area contributed by atoms with Crippen molar-refractivity contribution in [2.75, 3.05) is 6.54 Å². The van der Waals surface area contributed by atoms with Gasteiger partial charge in [-0.25, -0.2) is 14.6 Å². The molecule has 0 aliphatic rings. The second kappa shape index (κ2) is 7.77. The number of rotatable bonds is 8. The van der Waals surface area contributed by atoms with Gasteiger partial charge in [-0.3, -0.25) is 4.79 Å². The first kappa shape index (κ1) is 15.5. The van der Waals surface area contributed by atoms with Gasteiger partial charge in [0.2, 0.25) is 0 Å². The lowest BCUT2D eigenvalue weighted by Gasteiger charge is -2.14. The number of urea groups is 1. The van der Waals surface area contributed by atoms with Crippen LogP contribution in [0.15, 0.2) is 18.7 Å². The number of nitrogens with one attached hydrogen (secondary N) is 2. The molecule has 0 saturated carbocycles. The van der Waals surface area contributed by atoms with Crippen LogP contribution in [0.25, 0.3) is 0 Å². The molecule has 0 aromatic carbocycles. The third-order valence-corrected chi connectivity index (χ3v) is 2.47. The molecule has 0 unspecified atom stereocenters. The minimum atomic E-state index is -1.27. The molecule has 0 aliphatic carbocycles. The van der Waals surface area contributed by atoms with Gasteiger partial charge in [0.25, 0.3) is 0 Å². The number of carbonyl (C=O) groups excluding carboxylic acids is 1. The fraction of sp³-hybridized carbons (Fsp3) is 0.455. The lowest BCUT2D eigenvalue weighted by atomic mass is 10.1. The number of hydrogen-bond donors (Lipinski definition) is 4. The van der Waals surface area contributed by atoms with Crippen LogP contribution in [0.5, 0.6) is 0 Å². The number of aromatic nitrogens is 2. The molecule has 2 amide bonds. The summed E-state index contributed by atoms with van der Waals surface area (Å²) in [4.78, 5) is 36.6. The molecule has 1 aromatic heterocycles. The third kappa shape index (κ3) is 5.85. The van der Waals surface area contributed by atoms with Crippen molar-refractivity contribution in [1.29, 1.82) is 0 Å². The Balaban J connectivity index is 2.30. The number of carboxylic acid groups (broad SMARTS) is 2. The van der Waals surface area contributed by atoms with E-state index in [4.69, 9.17) is 10.2 Å². The number of imidazole rings is 1. The van der Waals surface area contributed by atoms with E-state index >= 15 is 0 Å². The Morgan fingerprint density at radius 2 is 2.05 bits per heavy atom. The van der Waals surface area contributed by atoms with Gasteiger partial charge >= 0.3 is 18.0 Å². The van der Waals surface area contributed by atoms with E-state index in [9.17, 15) is 14.4 Å². The monoisotopic (exact) mass is 284 g/mol. The Morgan fingerprint density at radius 1 is 1.30 bits per heavy atom. The molecular formula is C11H16N4O5. The highest BCUT2D eigenvalue weighted by Crippen LogP contribution is 1.98. The number of carbonyl (C=O) groups is 3. The van der Waals surface area contributed by atoms with E-state index in [1.807, 2.05) is 0 Å². The van der Waals surface area contributed by atoms with Crippen molar-refractivity contribution in [3.8, 4) is 0 Å². The Labute approximate surface area is 114 Å². The molecule has 20 heavy (non-hydrogen) atoms. The largest absolute Gasteiger partial charge is 0.481 e. The van der Waals surface area contributed by atoms with Gasteiger partial charge in [0.05, 0.1) is 6.33 Å². The SMILES string of the molecule is O=C(O)CC[C@H](NC(=O)NCCn1ccnc1)C(=O)O. The van der Waals surface area contributed by atoms with Crippen LogP contribution in [-0.4, -0.2) is 50.3 Å². The summed E-state index contributed by atoms with van der Waals surface area (Å²) in [5.74, 6) is -2.38. The summed E-state index contributed by atoms with van der Waals surface area (Å²) >= 11 is 0. The molecule has 1 atom stereocenters. The second-order valence-corrected chi connectivity index (χ2v) is 4.02. The number of nitrogens with zero attached hydrogens (tertiary/aromatic N) is 2. The number of hydrogen-bond acceptors (Lipinski definition) is 4. The molecule has 0 aliphatic heterocycles. The van der Waals surface area contributed by atoms with Crippen molar-refractivity contribution in [3.05, 3.63) is 18.7 Å². The highest BCUT2D eigenvalue weighted by Gasteiger charge is 2.20. The predicted octanol–water partition coefficient (Wildman–Crippen LogP) is -0.500. The van der Waals surface area contributed by atoms with E-state index < -0.39 is 24.0 Å². The van der Waals surface area contributed by atoms with E-state index in [-0.39, 0.29) is 12.8 Å². The van der Waals surface area contributed by atoms with E-state index in [1.54, 1.807) is 23.3 Å². The summed E-state index contributed by atoms with van der Waals surface area (Å²) in [6.07, 6.45) is 4.43. The molecule has 0 saturated heterocycles. The Morgan fingerprint density at radius 3 is 2.60 bits per heavy atom. The minimum absolute atomic E-state index is 0.167. The van der Waals surface area contributed by atoms with E-state index in [0.29, 0.717) is 13.1 Å². The Hall–Kier alpha value is -2.58. The standard InChI is InChI=1S/C11H16N4O5/c16-9(17)2-1-8(10(18)19)14-11(20)13-4-6-15-5-3-12-7-15/h3,5,7-8H,1-2,4,6H2,(H,16,17)(H,18,19)(H2,13,14,20)/t8-/m0/s1. The van der Waals surface area contributed by atoms with E-state index in [2.05, 4.69) is 15.6 Å². The van der Waals surface area contributed by atoms with Gasteiger partial charge in [-0.15, -0.1) is 0 Å². The van der Waals surface area contributed by atoms with Crippen LogP contribution in [0, 0.1) is 0 Å². The molecule has 9 heteroatoms. The van der Waals surface area contributed by atoms with Crippen LogP contribution < -0.4 is 10.6 Å². The maximum atomic E-state index is 11.5. The average Bonchev–Trinajstić information content (AvgIpc) is 2.87. The first-order valence-corrected chi connectivity index (χ1v) is 5.93. The lowest BCUT2D eigenvalue weighted by Crippen LogP contribution is -2.46. The number of aliphatic carboxylic acids is 2. The summed E-state index contributed by atoms with van der Waals surface area (Å²) in [6, 6.07) is -1.87. The molecular weight excluding hydrogens is 268 g/mol. The summed E-state index contributed by atoms with van der Waals surface area (Å²) in [6.45, 7) is 0.799. The van der Waals surface area contributed by atoms with Gasteiger partial charge in [-0.1, -0.05) is 0 Å². The lowest BCUT2D eigenvalue weighted by molar-refractivity contribution is -0.140. The number of amides is 2. The van der Waals surface area contributed by atoms with Crippen molar-refractivity contribution in [2.45, 2.75) is 25.4 Å². The van der Waals surface area contributed by atoms with Crippen LogP contribution >= 0.6 is 0 Å². The first-order chi connectivity index (χ1) is 9.49. The molecule has 0 radical (unpaired) electrons. The van der Waals surface area contributed by atoms with Crippen molar-refractivity contribution >= 4 is 18.0 Å². The second-order valence-electron chi connectivity index (χ2n) is 4.02. The zero-order valence-electron chi connectivity index (χ0n) is 10.7. The Kier molecular flexibility index (Phi) is 6.01. The van der Waals surface area contributed by atoms with Crippen LogP contribution in [0.2, 0.25) is 0 Å². The minimum Gasteiger partial charge on any atom is -0.481 e. The van der Waals surface area contributed by atoms with Gasteiger partial charge in [0, 0.05) is 31.9 Å². The molecule has 110 valence electrons. The van der Waals surface area contributed by atoms with Gasteiger partial charge in [-0.2, -0.15) is 0 Å². The molecule has 1 heterocycles. The molecule has 1 aromatic rings. The van der Waals surface area contributed by atoms with Gasteiger partial charge in [0.15, 0.2) is 0 Å². The van der Waals surface area contributed by atoms with Gasteiger partial charge in [0.1, 0.15) is 6.04 Å². The molecule has 9 nitrogen and oxygen atoms in total. The summed E-state index contributed by atoms with van der Waals surface area (Å²) in [5.41, 5.74) is 0. The van der Waals surface area contributed by atoms with Gasteiger partial charge in [-0.05, 0) is 6.42 Å². The molecule has 4 N–H and O–H groups in total. The van der Waals surface area contributed by atoms with Crippen LogP contribution in [0.1, 0.15) is 12.8 Å². The maximum Gasteiger partial charge on any atom is 0.326 e. The number of carboxylic acids is 2. The smallest absolute Gasteiger partial charge is 0.326 e. The average molecular weight is 284 g/mol. The summed E-state index contributed by atoms with van der Waals surface area (Å²) in [5, 5.41) is 22.1. The topological polar surface area (TPSA) is 134 Å². The molecule has 1 rings (SSSR count).